The maximum Gasteiger partial charge on any atom is 0.227 e. The van der Waals surface area contributed by atoms with Gasteiger partial charge in [-0.05, 0) is 24.6 Å². The lowest BCUT2D eigenvalue weighted by molar-refractivity contribution is -0.126. The third kappa shape index (κ3) is 7.53. The molecule has 1 aliphatic rings. The fourth-order valence-electron chi connectivity index (χ4n) is 3.79. The quantitative estimate of drug-likeness (QED) is 0.382. The topological polar surface area (TPSA) is 75.4 Å². The van der Waals surface area contributed by atoms with Crippen LogP contribution < -0.4 is 16.0 Å². The number of hydrogen-bond acceptors (Lipinski definition) is 3. The highest BCUT2D eigenvalue weighted by atomic mass is 16.2. The van der Waals surface area contributed by atoms with E-state index in [2.05, 4.69) is 12.2 Å². The number of anilines is 2. The number of unbranched alkanes of at least 4 members (excludes halogenated alkanes) is 9. The second-order valence-corrected chi connectivity index (χ2v) is 7.97. The van der Waals surface area contributed by atoms with Crippen LogP contribution in [0.25, 0.3) is 0 Å². The summed E-state index contributed by atoms with van der Waals surface area (Å²) in [5, 5.41) is 3.01. The van der Waals surface area contributed by atoms with Gasteiger partial charge in [-0.1, -0.05) is 70.8 Å². The minimum absolute atomic E-state index is 0.00400. The summed E-state index contributed by atoms with van der Waals surface area (Å²) in [6, 6.07) is 7.26. The van der Waals surface area contributed by atoms with Crippen LogP contribution in [0.3, 0.4) is 0 Å². The Hall–Kier alpha value is -2.04. The van der Waals surface area contributed by atoms with Crippen molar-refractivity contribution in [3.05, 3.63) is 24.3 Å². The van der Waals surface area contributed by atoms with Crippen molar-refractivity contribution in [3.63, 3.8) is 0 Å². The zero-order valence-electron chi connectivity index (χ0n) is 17.4. The summed E-state index contributed by atoms with van der Waals surface area (Å²) in [6.07, 6.45) is 13.1. The molecule has 0 spiro atoms. The molecule has 156 valence electrons. The molecule has 1 unspecified atom stereocenters. The highest BCUT2D eigenvalue weighted by Crippen LogP contribution is 2.26. The molecule has 1 heterocycles. The number of hydrogen-bond donors (Lipinski definition) is 2. The lowest BCUT2D eigenvalue weighted by Gasteiger charge is -2.17. The molecule has 1 saturated heterocycles. The van der Waals surface area contributed by atoms with Gasteiger partial charge in [0.15, 0.2) is 0 Å². The molecule has 0 bridgehead atoms. The van der Waals surface area contributed by atoms with Crippen molar-refractivity contribution in [2.75, 3.05) is 23.7 Å². The largest absolute Gasteiger partial charge is 0.399 e. The van der Waals surface area contributed by atoms with Crippen LogP contribution >= 0.6 is 0 Å². The highest BCUT2D eigenvalue weighted by molar-refractivity contribution is 6.00. The monoisotopic (exact) mass is 387 g/mol. The zero-order chi connectivity index (χ0) is 20.2. The van der Waals surface area contributed by atoms with Crippen LogP contribution in [0, 0.1) is 5.92 Å². The fraction of sp³-hybridized carbons (Fsp3) is 0.652. The van der Waals surface area contributed by atoms with E-state index >= 15 is 0 Å². The van der Waals surface area contributed by atoms with Gasteiger partial charge in [0, 0.05) is 30.9 Å². The number of amides is 2. The van der Waals surface area contributed by atoms with Crippen LogP contribution in [0.5, 0.6) is 0 Å². The minimum atomic E-state index is -0.267. The van der Waals surface area contributed by atoms with Crippen molar-refractivity contribution < 1.29 is 9.59 Å². The van der Waals surface area contributed by atoms with E-state index in [1.54, 1.807) is 17.0 Å². The average molecular weight is 388 g/mol. The van der Waals surface area contributed by atoms with Gasteiger partial charge in [0.25, 0.3) is 0 Å². The summed E-state index contributed by atoms with van der Waals surface area (Å²) in [4.78, 5) is 26.3. The van der Waals surface area contributed by atoms with Crippen LogP contribution in [0.2, 0.25) is 0 Å². The van der Waals surface area contributed by atoms with Gasteiger partial charge in [0.05, 0.1) is 5.92 Å². The standard InChI is InChI=1S/C23H37N3O2/c1-2-3-4-5-6-7-8-9-10-11-15-25-23(28)19-16-22(27)26(18-19)21-14-12-13-20(24)17-21/h12-14,17,19H,2-11,15-16,18,24H2,1H3,(H,25,28). The van der Waals surface area contributed by atoms with Gasteiger partial charge < -0.3 is 16.0 Å². The Bertz CT molecular complexity index is 618. The van der Waals surface area contributed by atoms with Crippen LogP contribution in [0.4, 0.5) is 11.4 Å². The number of nitrogens with one attached hydrogen (secondary N) is 1. The van der Waals surface area contributed by atoms with Crippen molar-refractivity contribution in [1.29, 1.82) is 0 Å². The summed E-state index contributed by atoms with van der Waals surface area (Å²) in [5.74, 6) is -0.280. The number of nitrogen functional groups attached to an aromatic ring is 1. The Morgan fingerprint density at radius 3 is 2.36 bits per heavy atom. The molecule has 1 fully saturated rings. The average Bonchev–Trinajstić information content (AvgIpc) is 3.08. The summed E-state index contributed by atoms with van der Waals surface area (Å²) < 4.78 is 0. The molecule has 1 aromatic rings. The molecule has 2 rings (SSSR count). The first kappa shape index (κ1) is 22.3. The second kappa shape index (κ2) is 12.4. The molecule has 5 nitrogen and oxygen atoms in total. The van der Waals surface area contributed by atoms with Crippen molar-refractivity contribution in [2.45, 2.75) is 77.6 Å². The maximum absolute atomic E-state index is 12.4. The van der Waals surface area contributed by atoms with Gasteiger partial charge in [-0.2, -0.15) is 0 Å². The van der Waals surface area contributed by atoms with E-state index < -0.39 is 0 Å². The molecule has 1 atom stereocenters. The van der Waals surface area contributed by atoms with Gasteiger partial charge in [-0.25, -0.2) is 0 Å². The SMILES string of the molecule is CCCCCCCCCCCCNC(=O)C1CC(=O)N(c2cccc(N)c2)C1. The minimum Gasteiger partial charge on any atom is -0.399 e. The lowest BCUT2D eigenvalue weighted by atomic mass is 10.1. The first-order valence-corrected chi connectivity index (χ1v) is 11.1. The zero-order valence-corrected chi connectivity index (χ0v) is 17.4. The first-order valence-electron chi connectivity index (χ1n) is 11.1. The number of carbonyl (C=O) groups is 2. The van der Waals surface area contributed by atoms with Crippen LogP contribution in [0.15, 0.2) is 24.3 Å². The van der Waals surface area contributed by atoms with E-state index in [-0.39, 0.29) is 24.2 Å². The molecule has 5 heteroatoms. The Kier molecular flexibility index (Phi) is 9.87. The molecular weight excluding hydrogens is 350 g/mol. The van der Waals surface area contributed by atoms with Crippen molar-refractivity contribution >= 4 is 23.2 Å². The van der Waals surface area contributed by atoms with E-state index in [0.717, 1.165) is 18.5 Å². The summed E-state index contributed by atoms with van der Waals surface area (Å²) in [7, 11) is 0. The normalized spacial score (nSPS) is 16.5. The van der Waals surface area contributed by atoms with Crippen LogP contribution in [-0.4, -0.2) is 24.9 Å². The Labute approximate surface area is 170 Å². The third-order valence-electron chi connectivity index (χ3n) is 5.51. The lowest BCUT2D eigenvalue weighted by Crippen LogP contribution is -2.33. The maximum atomic E-state index is 12.4. The number of nitrogens with zero attached hydrogens (tertiary/aromatic N) is 1. The Balaban J connectivity index is 1.56. The Morgan fingerprint density at radius 1 is 1.07 bits per heavy atom. The van der Waals surface area contributed by atoms with Crippen LogP contribution in [0.1, 0.15) is 77.6 Å². The predicted molar refractivity (Wildman–Crippen MR) is 116 cm³/mol. The molecule has 1 aromatic carbocycles. The molecule has 28 heavy (non-hydrogen) atoms. The van der Waals surface area contributed by atoms with E-state index in [1.165, 1.54) is 51.4 Å². The van der Waals surface area contributed by atoms with Crippen molar-refractivity contribution in [1.82, 2.24) is 5.32 Å². The van der Waals surface area contributed by atoms with Crippen LogP contribution in [-0.2, 0) is 9.59 Å². The molecule has 0 aliphatic carbocycles. The second-order valence-electron chi connectivity index (χ2n) is 7.97. The fourth-order valence-corrected chi connectivity index (χ4v) is 3.79. The predicted octanol–water partition coefficient (Wildman–Crippen LogP) is 4.66. The molecule has 0 aromatic heterocycles. The van der Waals surface area contributed by atoms with E-state index in [4.69, 9.17) is 5.73 Å². The molecule has 2 amide bonds. The number of benzene rings is 1. The van der Waals surface area contributed by atoms with E-state index in [9.17, 15) is 9.59 Å². The van der Waals surface area contributed by atoms with Crippen molar-refractivity contribution in [2.24, 2.45) is 5.92 Å². The third-order valence-corrected chi connectivity index (χ3v) is 5.51. The number of nitrogens with two attached hydrogens (primary N) is 1. The molecule has 0 radical (unpaired) electrons. The number of carbonyl (C=O) groups excluding carboxylic acids is 2. The van der Waals surface area contributed by atoms with Gasteiger partial charge in [-0.15, -0.1) is 0 Å². The smallest absolute Gasteiger partial charge is 0.227 e. The van der Waals surface area contributed by atoms with Gasteiger partial charge >= 0.3 is 0 Å². The van der Waals surface area contributed by atoms with Gasteiger partial charge in [0.2, 0.25) is 11.8 Å². The van der Waals surface area contributed by atoms with Crippen molar-refractivity contribution in [3.8, 4) is 0 Å². The summed E-state index contributed by atoms with van der Waals surface area (Å²) >= 11 is 0. The van der Waals surface area contributed by atoms with E-state index in [0.29, 0.717) is 18.8 Å². The van der Waals surface area contributed by atoms with E-state index in [1.807, 2.05) is 12.1 Å². The van der Waals surface area contributed by atoms with Gasteiger partial charge in [0.1, 0.15) is 0 Å². The summed E-state index contributed by atoms with van der Waals surface area (Å²) in [5.41, 5.74) is 7.20. The van der Waals surface area contributed by atoms with Gasteiger partial charge in [-0.3, -0.25) is 9.59 Å². The molecule has 1 aliphatic heterocycles. The Morgan fingerprint density at radius 2 is 1.71 bits per heavy atom. The molecule has 3 N–H and O–H groups in total. The molecular formula is C23H37N3O2. The first-order chi connectivity index (χ1) is 13.6. The highest BCUT2D eigenvalue weighted by Gasteiger charge is 2.34. The summed E-state index contributed by atoms with van der Waals surface area (Å²) in [6.45, 7) is 3.39. The molecule has 0 saturated carbocycles. The number of rotatable bonds is 13.